The van der Waals surface area contributed by atoms with Crippen LogP contribution in [-0.4, -0.2) is 31.6 Å². The van der Waals surface area contributed by atoms with Crippen LogP contribution in [0.1, 0.15) is 37.3 Å². The molecule has 0 aliphatic carbocycles. The SMILES string of the molecule is CCN(Cc1ccccc1)C(=O)CC(C)c1ccc(OC)cc1OC. The number of carbonyl (C=O) groups excluding carboxylic acids is 1. The van der Waals surface area contributed by atoms with Gasteiger partial charge in [-0.25, -0.2) is 0 Å². The van der Waals surface area contributed by atoms with Crippen LogP contribution in [0.25, 0.3) is 0 Å². The van der Waals surface area contributed by atoms with E-state index in [4.69, 9.17) is 9.47 Å². The van der Waals surface area contributed by atoms with E-state index < -0.39 is 0 Å². The maximum Gasteiger partial charge on any atom is 0.223 e. The van der Waals surface area contributed by atoms with Gasteiger partial charge in [0.1, 0.15) is 11.5 Å². The number of methoxy groups -OCH3 is 2. The minimum Gasteiger partial charge on any atom is -0.497 e. The summed E-state index contributed by atoms with van der Waals surface area (Å²) in [7, 11) is 3.27. The van der Waals surface area contributed by atoms with Gasteiger partial charge in [0.25, 0.3) is 0 Å². The van der Waals surface area contributed by atoms with Crippen LogP contribution in [0.4, 0.5) is 0 Å². The van der Waals surface area contributed by atoms with Crippen LogP contribution in [-0.2, 0) is 11.3 Å². The fourth-order valence-electron chi connectivity index (χ4n) is 2.91. The van der Waals surface area contributed by atoms with Gasteiger partial charge >= 0.3 is 0 Å². The first-order valence-corrected chi connectivity index (χ1v) is 8.62. The van der Waals surface area contributed by atoms with Crippen molar-refractivity contribution in [3.05, 3.63) is 59.7 Å². The zero-order valence-corrected chi connectivity index (χ0v) is 15.5. The molecule has 0 aliphatic rings. The molecule has 0 bridgehead atoms. The molecule has 0 spiro atoms. The lowest BCUT2D eigenvalue weighted by molar-refractivity contribution is -0.131. The topological polar surface area (TPSA) is 38.8 Å². The smallest absolute Gasteiger partial charge is 0.223 e. The number of nitrogens with zero attached hydrogens (tertiary/aromatic N) is 1. The molecular weight excluding hydrogens is 314 g/mol. The highest BCUT2D eigenvalue weighted by molar-refractivity contribution is 5.77. The predicted octanol–water partition coefficient (Wildman–Crippen LogP) is 4.25. The van der Waals surface area contributed by atoms with Crippen molar-refractivity contribution in [1.82, 2.24) is 4.90 Å². The number of carbonyl (C=O) groups is 1. The van der Waals surface area contributed by atoms with Gasteiger partial charge in [-0.15, -0.1) is 0 Å². The second-order valence-corrected chi connectivity index (χ2v) is 6.11. The molecule has 0 radical (unpaired) electrons. The van der Waals surface area contributed by atoms with Crippen molar-refractivity contribution in [2.45, 2.75) is 32.7 Å². The van der Waals surface area contributed by atoms with E-state index in [-0.39, 0.29) is 11.8 Å². The van der Waals surface area contributed by atoms with Crippen LogP contribution in [0.5, 0.6) is 11.5 Å². The van der Waals surface area contributed by atoms with Gasteiger partial charge in [-0.1, -0.05) is 43.3 Å². The van der Waals surface area contributed by atoms with Gasteiger partial charge in [0.15, 0.2) is 0 Å². The molecule has 0 aromatic heterocycles. The number of rotatable bonds is 8. The maximum atomic E-state index is 12.7. The van der Waals surface area contributed by atoms with Gasteiger partial charge in [-0.2, -0.15) is 0 Å². The summed E-state index contributed by atoms with van der Waals surface area (Å²) in [6, 6.07) is 15.8. The lowest BCUT2D eigenvalue weighted by Gasteiger charge is -2.24. The molecule has 0 aliphatic heterocycles. The summed E-state index contributed by atoms with van der Waals surface area (Å²) in [4.78, 5) is 14.6. The fourth-order valence-corrected chi connectivity index (χ4v) is 2.91. The third-order valence-corrected chi connectivity index (χ3v) is 4.40. The van der Waals surface area contributed by atoms with Crippen molar-refractivity contribution in [3.8, 4) is 11.5 Å². The second kappa shape index (κ2) is 9.11. The van der Waals surface area contributed by atoms with E-state index in [1.54, 1.807) is 14.2 Å². The van der Waals surface area contributed by atoms with Crippen LogP contribution in [0.15, 0.2) is 48.5 Å². The Kier molecular flexibility index (Phi) is 6.87. The van der Waals surface area contributed by atoms with Crippen LogP contribution in [0, 0.1) is 0 Å². The zero-order valence-electron chi connectivity index (χ0n) is 15.5. The Labute approximate surface area is 150 Å². The van der Waals surface area contributed by atoms with Gasteiger partial charge in [0, 0.05) is 25.6 Å². The van der Waals surface area contributed by atoms with Crippen molar-refractivity contribution < 1.29 is 14.3 Å². The summed E-state index contributed by atoms with van der Waals surface area (Å²) in [5, 5.41) is 0. The molecule has 25 heavy (non-hydrogen) atoms. The number of hydrogen-bond acceptors (Lipinski definition) is 3. The largest absolute Gasteiger partial charge is 0.497 e. The highest BCUT2D eigenvalue weighted by Gasteiger charge is 2.19. The Hall–Kier alpha value is -2.49. The van der Waals surface area contributed by atoms with E-state index >= 15 is 0 Å². The number of hydrogen-bond donors (Lipinski definition) is 0. The average Bonchev–Trinajstić information content (AvgIpc) is 2.66. The molecule has 134 valence electrons. The first-order valence-electron chi connectivity index (χ1n) is 8.62. The van der Waals surface area contributed by atoms with Gasteiger partial charge in [-0.05, 0) is 30.0 Å². The van der Waals surface area contributed by atoms with Gasteiger partial charge < -0.3 is 14.4 Å². The molecule has 1 atom stereocenters. The van der Waals surface area contributed by atoms with Crippen LogP contribution in [0.2, 0.25) is 0 Å². The van der Waals surface area contributed by atoms with E-state index in [0.29, 0.717) is 19.5 Å². The van der Waals surface area contributed by atoms with Crippen LogP contribution >= 0.6 is 0 Å². The monoisotopic (exact) mass is 341 g/mol. The van der Waals surface area contributed by atoms with E-state index in [1.165, 1.54) is 0 Å². The van der Waals surface area contributed by atoms with Crippen LogP contribution < -0.4 is 9.47 Å². The Balaban J connectivity index is 2.07. The van der Waals surface area contributed by atoms with Gasteiger partial charge in [-0.3, -0.25) is 4.79 Å². The summed E-state index contributed by atoms with van der Waals surface area (Å²) >= 11 is 0. The maximum absolute atomic E-state index is 12.7. The molecule has 0 N–H and O–H groups in total. The molecule has 1 unspecified atom stereocenters. The molecule has 2 aromatic carbocycles. The van der Waals surface area contributed by atoms with Crippen molar-refractivity contribution in [1.29, 1.82) is 0 Å². The number of benzene rings is 2. The molecule has 4 heteroatoms. The molecule has 1 amide bonds. The minimum atomic E-state index is 0.0678. The number of amides is 1. The third kappa shape index (κ3) is 4.99. The molecule has 0 heterocycles. The van der Waals surface area contributed by atoms with Crippen molar-refractivity contribution >= 4 is 5.91 Å². The molecule has 0 saturated carbocycles. The first kappa shape index (κ1) is 18.8. The Morgan fingerprint density at radius 2 is 1.80 bits per heavy atom. The van der Waals surface area contributed by atoms with E-state index in [9.17, 15) is 4.79 Å². The lowest BCUT2D eigenvalue weighted by atomic mass is 9.96. The predicted molar refractivity (Wildman–Crippen MR) is 100 cm³/mol. The standard InChI is InChI=1S/C21H27NO3/c1-5-22(15-17-9-7-6-8-10-17)21(23)13-16(2)19-12-11-18(24-3)14-20(19)25-4/h6-12,14,16H,5,13,15H2,1-4H3. The van der Waals surface area contributed by atoms with Crippen molar-refractivity contribution in [2.24, 2.45) is 0 Å². The highest BCUT2D eigenvalue weighted by Crippen LogP contribution is 2.32. The zero-order chi connectivity index (χ0) is 18.2. The summed E-state index contributed by atoms with van der Waals surface area (Å²) in [6.07, 6.45) is 0.448. The molecule has 4 nitrogen and oxygen atoms in total. The third-order valence-electron chi connectivity index (χ3n) is 4.40. The fraction of sp³-hybridized carbons (Fsp3) is 0.381. The van der Waals surface area contributed by atoms with Gasteiger partial charge in [0.2, 0.25) is 5.91 Å². The molecular formula is C21H27NO3. The van der Waals surface area contributed by atoms with E-state index in [0.717, 1.165) is 22.6 Å². The van der Waals surface area contributed by atoms with Crippen molar-refractivity contribution in [2.75, 3.05) is 20.8 Å². The summed E-state index contributed by atoms with van der Waals surface area (Å²) < 4.78 is 10.7. The second-order valence-electron chi connectivity index (χ2n) is 6.11. The quantitative estimate of drug-likeness (QED) is 0.721. The molecule has 2 aromatic rings. The molecule has 2 rings (SSSR count). The molecule has 0 saturated heterocycles. The lowest BCUT2D eigenvalue weighted by Crippen LogP contribution is -2.31. The number of ether oxygens (including phenoxy) is 2. The van der Waals surface area contributed by atoms with E-state index in [1.807, 2.05) is 60.4 Å². The summed E-state index contributed by atoms with van der Waals surface area (Å²) in [6.45, 7) is 5.40. The first-order chi connectivity index (χ1) is 12.1. The average molecular weight is 341 g/mol. The minimum absolute atomic E-state index is 0.0678. The van der Waals surface area contributed by atoms with E-state index in [2.05, 4.69) is 6.92 Å². The van der Waals surface area contributed by atoms with Crippen LogP contribution in [0.3, 0.4) is 0 Å². The highest BCUT2D eigenvalue weighted by atomic mass is 16.5. The van der Waals surface area contributed by atoms with Crippen molar-refractivity contribution in [3.63, 3.8) is 0 Å². The normalized spacial score (nSPS) is 11.7. The summed E-state index contributed by atoms with van der Waals surface area (Å²) in [5.41, 5.74) is 2.17. The molecule has 0 fully saturated rings. The Bertz CT molecular complexity index is 685. The van der Waals surface area contributed by atoms with Gasteiger partial charge in [0.05, 0.1) is 14.2 Å². The Morgan fingerprint density at radius 3 is 2.40 bits per heavy atom. The summed E-state index contributed by atoms with van der Waals surface area (Å²) in [5.74, 6) is 1.72. The Morgan fingerprint density at radius 1 is 1.08 bits per heavy atom.